The van der Waals surface area contributed by atoms with Gasteiger partial charge in [-0.05, 0) is 48.5 Å². The maximum Gasteiger partial charge on any atom is 0.247 e. The van der Waals surface area contributed by atoms with Crippen LogP contribution in [0, 0.1) is 0 Å². The van der Waals surface area contributed by atoms with Crippen LogP contribution in [0.3, 0.4) is 0 Å². The van der Waals surface area contributed by atoms with Gasteiger partial charge in [-0.25, -0.2) is 9.97 Å². The lowest BCUT2D eigenvalue weighted by molar-refractivity contribution is -0.111. The van der Waals surface area contributed by atoms with Gasteiger partial charge in [-0.1, -0.05) is 18.7 Å². The van der Waals surface area contributed by atoms with Crippen LogP contribution in [-0.2, 0) is 9.53 Å². The summed E-state index contributed by atoms with van der Waals surface area (Å²) >= 11 is 0. The number of pyridine rings is 1. The average Bonchev–Trinajstić information content (AvgIpc) is 2.93. The first kappa shape index (κ1) is 23.4. The van der Waals surface area contributed by atoms with E-state index >= 15 is 0 Å². The van der Waals surface area contributed by atoms with Crippen LogP contribution in [0.15, 0.2) is 79.6 Å². The summed E-state index contributed by atoms with van der Waals surface area (Å²) in [6.07, 6.45) is 4.79. The Kier molecular flexibility index (Phi) is 6.83. The van der Waals surface area contributed by atoms with Crippen LogP contribution >= 0.6 is 0 Å². The van der Waals surface area contributed by atoms with Crippen molar-refractivity contribution in [2.24, 2.45) is 5.73 Å². The van der Waals surface area contributed by atoms with E-state index in [0.29, 0.717) is 36.0 Å². The van der Waals surface area contributed by atoms with Gasteiger partial charge in [-0.3, -0.25) is 9.78 Å². The molecule has 0 radical (unpaired) electrons. The van der Waals surface area contributed by atoms with Crippen LogP contribution in [0.2, 0.25) is 0 Å². The number of morpholine rings is 1. The Morgan fingerprint density at radius 3 is 2.83 bits per heavy atom. The number of ether oxygens (including phenoxy) is 1. The molecule has 0 aliphatic carbocycles. The van der Waals surface area contributed by atoms with E-state index in [1.165, 1.54) is 6.08 Å². The van der Waals surface area contributed by atoms with Crippen molar-refractivity contribution in [3.63, 3.8) is 0 Å². The zero-order valence-corrected chi connectivity index (χ0v) is 19.7. The summed E-state index contributed by atoms with van der Waals surface area (Å²) < 4.78 is 5.66. The van der Waals surface area contributed by atoms with Crippen molar-refractivity contribution < 1.29 is 9.53 Å². The van der Waals surface area contributed by atoms with E-state index in [2.05, 4.69) is 44.2 Å². The Morgan fingerprint density at radius 1 is 1.17 bits per heavy atom. The first-order chi connectivity index (χ1) is 17.6. The second kappa shape index (κ2) is 10.5. The van der Waals surface area contributed by atoms with Crippen molar-refractivity contribution in [2.45, 2.75) is 6.10 Å². The third-order valence-electron chi connectivity index (χ3n) is 5.98. The molecule has 2 aromatic heterocycles. The largest absolute Gasteiger partial charge is 0.373 e. The van der Waals surface area contributed by atoms with Crippen LogP contribution < -0.4 is 21.3 Å². The summed E-state index contributed by atoms with van der Waals surface area (Å²) in [4.78, 5) is 27.8. The van der Waals surface area contributed by atoms with Gasteiger partial charge in [0.25, 0.3) is 0 Å². The molecule has 5 rings (SSSR count). The van der Waals surface area contributed by atoms with Crippen molar-refractivity contribution >= 4 is 39.8 Å². The number of anilines is 4. The van der Waals surface area contributed by atoms with Gasteiger partial charge in [0.05, 0.1) is 18.4 Å². The molecule has 0 unspecified atom stereocenters. The number of nitrogens with zero attached hydrogens (tertiary/aromatic N) is 4. The van der Waals surface area contributed by atoms with Gasteiger partial charge >= 0.3 is 0 Å². The van der Waals surface area contributed by atoms with Crippen molar-refractivity contribution in [3.8, 4) is 11.3 Å². The highest BCUT2D eigenvalue weighted by atomic mass is 16.5. The number of carbonyl (C=O) groups is 1. The summed E-state index contributed by atoms with van der Waals surface area (Å²) in [5.74, 6) is 0.195. The smallest absolute Gasteiger partial charge is 0.247 e. The molecule has 1 amide bonds. The van der Waals surface area contributed by atoms with E-state index in [0.717, 1.165) is 35.4 Å². The number of aromatic nitrogens is 3. The Labute approximate surface area is 209 Å². The first-order valence-corrected chi connectivity index (χ1v) is 11.7. The van der Waals surface area contributed by atoms with Gasteiger partial charge in [0.15, 0.2) is 0 Å². The summed E-state index contributed by atoms with van der Waals surface area (Å²) in [5.41, 5.74) is 10.7. The van der Waals surface area contributed by atoms with Gasteiger partial charge in [0, 0.05) is 60.0 Å². The predicted molar refractivity (Wildman–Crippen MR) is 142 cm³/mol. The van der Waals surface area contributed by atoms with E-state index in [-0.39, 0.29) is 12.0 Å². The zero-order valence-electron chi connectivity index (χ0n) is 19.7. The number of nitrogens with two attached hydrogens (primary N) is 1. The highest BCUT2D eigenvalue weighted by Crippen LogP contribution is 2.28. The molecular weight excluding hydrogens is 454 g/mol. The molecule has 3 heterocycles. The molecule has 4 N–H and O–H groups in total. The highest BCUT2D eigenvalue weighted by Gasteiger charge is 2.19. The summed E-state index contributed by atoms with van der Waals surface area (Å²) in [5, 5.41) is 6.93. The molecule has 1 aliphatic heterocycles. The van der Waals surface area contributed by atoms with Crippen LogP contribution in [-0.4, -0.2) is 53.2 Å². The van der Waals surface area contributed by atoms with E-state index < -0.39 is 0 Å². The number of hydrogen-bond acceptors (Lipinski definition) is 8. The maximum absolute atomic E-state index is 11.7. The fraction of sp³-hybridized carbons (Fsp3) is 0.185. The number of fused-ring (bicyclic) bond motifs is 1. The first-order valence-electron chi connectivity index (χ1n) is 11.7. The van der Waals surface area contributed by atoms with E-state index in [1.54, 1.807) is 12.4 Å². The lowest BCUT2D eigenvalue weighted by Crippen LogP contribution is -2.45. The van der Waals surface area contributed by atoms with Crippen molar-refractivity contribution in [1.82, 2.24) is 15.0 Å². The Bertz CT molecular complexity index is 1390. The van der Waals surface area contributed by atoms with Crippen molar-refractivity contribution in [1.29, 1.82) is 0 Å². The van der Waals surface area contributed by atoms with Crippen LogP contribution in [0.1, 0.15) is 0 Å². The molecule has 1 saturated heterocycles. The van der Waals surface area contributed by atoms with Gasteiger partial charge < -0.3 is 26.0 Å². The van der Waals surface area contributed by atoms with E-state index in [1.807, 2.05) is 42.5 Å². The lowest BCUT2D eigenvalue weighted by atomic mass is 10.1. The van der Waals surface area contributed by atoms with Crippen LogP contribution in [0.25, 0.3) is 22.2 Å². The topological polar surface area (TPSA) is 118 Å². The van der Waals surface area contributed by atoms with Crippen LogP contribution in [0.4, 0.5) is 23.0 Å². The Hall–Kier alpha value is -4.34. The number of benzene rings is 2. The Morgan fingerprint density at radius 2 is 2.03 bits per heavy atom. The average molecular weight is 482 g/mol. The summed E-state index contributed by atoms with van der Waals surface area (Å²) in [6, 6.07) is 17.5. The molecule has 1 fully saturated rings. The molecule has 9 heteroatoms. The minimum Gasteiger partial charge on any atom is -0.373 e. The minimum absolute atomic E-state index is 0.0595. The molecule has 1 aliphatic rings. The predicted octanol–water partition coefficient (Wildman–Crippen LogP) is 3.72. The van der Waals surface area contributed by atoms with Crippen molar-refractivity contribution in [2.75, 3.05) is 41.8 Å². The number of nitrogens with one attached hydrogen (secondary N) is 2. The fourth-order valence-electron chi connectivity index (χ4n) is 4.15. The zero-order chi connectivity index (χ0) is 24.9. The third kappa shape index (κ3) is 5.17. The molecule has 9 nitrogen and oxygen atoms in total. The fourth-order valence-corrected chi connectivity index (χ4v) is 4.15. The van der Waals surface area contributed by atoms with Gasteiger partial charge in [0.1, 0.15) is 5.52 Å². The number of amides is 1. The van der Waals surface area contributed by atoms with Gasteiger partial charge in [-0.2, -0.15) is 0 Å². The molecular formula is C27H27N7O2. The minimum atomic E-state index is -0.273. The third-order valence-corrected chi connectivity index (χ3v) is 5.98. The normalized spacial score (nSPS) is 15.5. The monoisotopic (exact) mass is 481 g/mol. The summed E-state index contributed by atoms with van der Waals surface area (Å²) in [7, 11) is 0. The molecule has 1 atom stereocenters. The molecule has 0 saturated carbocycles. The molecule has 2 aromatic carbocycles. The second-order valence-electron chi connectivity index (χ2n) is 8.41. The number of hydrogen-bond donors (Lipinski definition) is 3. The maximum atomic E-state index is 11.7. The molecule has 182 valence electrons. The number of carbonyl (C=O) groups excluding carboxylic acids is 1. The Balaban J connectivity index is 1.38. The number of rotatable bonds is 7. The second-order valence-corrected chi connectivity index (χ2v) is 8.41. The molecule has 0 bridgehead atoms. The van der Waals surface area contributed by atoms with Crippen molar-refractivity contribution in [3.05, 3.63) is 79.6 Å². The summed E-state index contributed by atoms with van der Waals surface area (Å²) in [6.45, 7) is 6.31. The highest BCUT2D eigenvalue weighted by molar-refractivity contribution is 5.99. The van der Waals surface area contributed by atoms with Gasteiger partial charge in [-0.15, -0.1) is 0 Å². The van der Waals surface area contributed by atoms with Crippen LogP contribution in [0.5, 0.6) is 0 Å². The molecule has 36 heavy (non-hydrogen) atoms. The molecule has 0 spiro atoms. The van der Waals surface area contributed by atoms with Gasteiger partial charge in [0.2, 0.25) is 11.9 Å². The quantitative estimate of drug-likeness (QED) is 0.342. The molecule has 4 aromatic rings. The standard InChI is InChI=1S/C27H27N7O2/c1-2-24(35)31-21-5-3-4-18(14-21)25-26-19(10-11-29-25)16-30-27(33-26)32-20-6-8-22(9-7-20)34-12-13-36-23(15-28)17-34/h2-11,14,16,23H,1,12-13,15,17,28H2,(H,31,35)(H,30,32,33)/t23-/m1/s1. The van der Waals surface area contributed by atoms with E-state index in [4.69, 9.17) is 15.5 Å². The lowest BCUT2D eigenvalue weighted by Gasteiger charge is -2.34. The van der Waals surface area contributed by atoms with E-state index in [9.17, 15) is 4.79 Å². The SMILES string of the molecule is C=CC(=O)Nc1cccc(-c2nccc3cnc(Nc4ccc(N5CCO[C@H](CN)C5)cc4)nc23)c1.